The van der Waals surface area contributed by atoms with Crippen LogP contribution in [0.2, 0.25) is 0 Å². The molecule has 0 saturated heterocycles. The van der Waals surface area contributed by atoms with E-state index in [0.29, 0.717) is 6.42 Å². The van der Waals surface area contributed by atoms with E-state index in [1.807, 2.05) is 0 Å². The molecule has 0 unspecified atom stereocenters. The van der Waals surface area contributed by atoms with Gasteiger partial charge in [-0.3, -0.25) is 4.79 Å². The Labute approximate surface area is 131 Å². The molecule has 21 heavy (non-hydrogen) atoms. The van der Waals surface area contributed by atoms with Gasteiger partial charge in [-0.2, -0.15) is 0 Å². The first kappa shape index (κ1) is 19.6. The van der Waals surface area contributed by atoms with Gasteiger partial charge in [-0.05, 0) is 31.1 Å². The first-order valence-electron chi connectivity index (χ1n) is 8.33. The fraction of sp³-hybridized carbons (Fsp3) is 0.737. The molecule has 118 valence electrons. The summed E-state index contributed by atoms with van der Waals surface area (Å²) >= 11 is 0. The van der Waals surface area contributed by atoms with E-state index in [0.717, 1.165) is 32.1 Å². The number of ether oxygens (including phenoxy) is 1. The van der Waals surface area contributed by atoms with E-state index in [-0.39, 0.29) is 5.97 Å². The molecule has 0 bridgehead atoms. The predicted octanol–water partition coefficient (Wildman–Crippen LogP) is 4.87. The number of rotatable bonds is 11. The van der Waals surface area contributed by atoms with Crippen LogP contribution in [-0.4, -0.2) is 13.1 Å². The van der Waals surface area contributed by atoms with Gasteiger partial charge in [0.1, 0.15) is 0 Å². The molecule has 0 aliphatic rings. The number of unbranched alkanes of at least 4 members (excludes halogenated alkanes) is 9. The van der Waals surface area contributed by atoms with Gasteiger partial charge in [-0.15, -0.1) is 0 Å². The van der Waals surface area contributed by atoms with Crippen molar-refractivity contribution in [2.45, 2.75) is 84.0 Å². The Balaban J connectivity index is 3.19. The summed E-state index contributed by atoms with van der Waals surface area (Å²) in [5, 5.41) is 0. The van der Waals surface area contributed by atoms with Crippen molar-refractivity contribution in [3.05, 3.63) is 0 Å². The Kier molecular flexibility index (Phi) is 15.5. The van der Waals surface area contributed by atoms with E-state index in [2.05, 4.69) is 35.3 Å². The molecule has 0 N–H and O–H groups in total. The van der Waals surface area contributed by atoms with Crippen LogP contribution < -0.4 is 0 Å². The van der Waals surface area contributed by atoms with Crippen molar-refractivity contribution >= 4 is 5.97 Å². The third-order valence-electron chi connectivity index (χ3n) is 3.27. The summed E-state index contributed by atoms with van der Waals surface area (Å²) in [4.78, 5) is 10.9. The quantitative estimate of drug-likeness (QED) is 0.308. The average molecular weight is 290 g/mol. The largest absolute Gasteiger partial charge is 0.469 e. The third kappa shape index (κ3) is 16.5. The molecule has 0 rings (SSSR count). The van der Waals surface area contributed by atoms with E-state index in [4.69, 9.17) is 0 Å². The summed E-state index contributed by atoms with van der Waals surface area (Å²) < 4.78 is 4.61. The molecular weight excluding hydrogens is 260 g/mol. The molecule has 0 aromatic carbocycles. The Hall–Kier alpha value is -1.41. The van der Waals surface area contributed by atoms with E-state index in [1.165, 1.54) is 45.6 Å². The molecule has 0 aromatic rings. The zero-order chi connectivity index (χ0) is 15.6. The van der Waals surface area contributed by atoms with Crippen LogP contribution in [0.3, 0.4) is 0 Å². The van der Waals surface area contributed by atoms with E-state index < -0.39 is 0 Å². The molecule has 0 heterocycles. The van der Waals surface area contributed by atoms with Crippen molar-refractivity contribution in [2.24, 2.45) is 0 Å². The minimum absolute atomic E-state index is 0.0875. The summed E-state index contributed by atoms with van der Waals surface area (Å²) in [5.41, 5.74) is 0. The Morgan fingerprint density at radius 2 is 1.33 bits per heavy atom. The number of hydrogen-bond acceptors (Lipinski definition) is 2. The van der Waals surface area contributed by atoms with E-state index in [1.54, 1.807) is 0 Å². The highest BCUT2D eigenvalue weighted by Gasteiger charge is 1.98. The molecule has 0 aliphatic carbocycles. The van der Waals surface area contributed by atoms with Crippen LogP contribution in [0.5, 0.6) is 0 Å². The van der Waals surface area contributed by atoms with E-state index in [9.17, 15) is 4.79 Å². The van der Waals surface area contributed by atoms with Crippen molar-refractivity contribution in [2.75, 3.05) is 7.11 Å². The standard InChI is InChI=1S/C19H30O2/c1-3-4-5-6-7-8-9-10-11-12-13-14-15-16-17-18-19(20)21-2/h3-4,9-18H2,1-2H3. The first-order chi connectivity index (χ1) is 10.3. The van der Waals surface area contributed by atoms with Crippen molar-refractivity contribution in [1.82, 2.24) is 0 Å². The molecule has 0 spiro atoms. The monoisotopic (exact) mass is 290 g/mol. The van der Waals surface area contributed by atoms with Crippen molar-refractivity contribution in [3.8, 4) is 23.7 Å². The summed E-state index contributed by atoms with van der Waals surface area (Å²) in [6.45, 7) is 2.13. The number of carbonyl (C=O) groups excluding carboxylic acids is 1. The fourth-order valence-corrected chi connectivity index (χ4v) is 1.98. The smallest absolute Gasteiger partial charge is 0.305 e. The zero-order valence-electron chi connectivity index (χ0n) is 13.8. The van der Waals surface area contributed by atoms with E-state index >= 15 is 0 Å². The topological polar surface area (TPSA) is 26.3 Å². The minimum atomic E-state index is -0.0875. The number of methoxy groups -OCH3 is 1. The Bertz CT molecular complexity index is 362. The second kappa shape index (κ2) is 16.6. The van der Waals surface area contributed by atoms with Gasteiger partial charge in [0.15, 0.2) is 0 Å². The SMILES string of the molecule is CCCC#CC#CCCCCCCCCCCC(=O)OC. The van der Waals surface area contributed by atoms with Gasteiger partial charge >= 0.3 is 5.97 Å². The van der Waals surface area contributed by atoms with Gasteiger partial charge in [0.25, 0.3) is 0 Å². The van der Waals surface area contributed by atoms with Gasteiger partial charge in [-0.25, -0.2) is 0 Å². The maximum atomic E-state index is 10.9. The summed E-state index contributed by atoms with van der Waals surface area (Å²) in [5.74, 6) is 11.8. The molecule has 2 heteroatoms. The lowest BCUT2D eigenvalue weighted by Crippen LogP contribution is -1.99. The number of esters is 1. The predicted molar refractivity (Wildman–Crippen MR) is 88.6 cm³/mol. The maximum Gasteiger partial charge on any atom is 0.305 e. The summed E-state index contributed by atoms with van der Waals surface area (Å²) in [6, 6.07) is 0. The lowest BCUT2D eigenvalue weighted by molar-refractivity contribution is -0.140. The van der Waals surface area contributed by atoms with Crippen LogP contribution >= 0.6 is 0 Å². The van der Waals surface area contributed by atoms with Crippen molar-refractivity contribution in [3.63, 3.8) is 0 Å². The lowest BCUT2D eigenvalue weighted by Gasteiger charge is -2.01. The minimum Gasteiger partial charge on any atom is -0.469 e. The average Bonchev–Trinajstić information content (AvgIpc) is 2.50. The second-order valence-corrected chi connectivity index (χ2v) is 5.26. The maximum absolute atomic E-state index is 10.9. The Morgan fingerprint density at radius 3 is 1.90 bits per heavy atom. The molecule has 0 amide bonds. The van der Waals surface area contributed by atoms with Gasteiger partial charge in [0.2, 0.25) is 0 Å². The van der Waals surface area contributed by atoms with Crippen LogP contribution in [0.25, 0.3) is 0 Å². The molecule has 0 aliphatic heterocycles. The molecule has 0 fully saturated rings. The Morgan fingerprint density at radius 1 is 0.810 bits per heavy atom. The molecule has 0 radical (unpaired) electrons. The van der Waals surface area contributed by atoms with Gasteiger partial charge < -0.3 is 4.74 Å². The zero-order valence-corrected chi connectivity index (χ0v) is 13.8. The van der Waals surface area contributed by atoms with Crippen LogP contribution in [0.1, 0.15) is 84.0 Å². The van der Waals surface area contributed by atoms with Gasteiger partial charge in [0.05, 0.1) is 7.11 Å². The van der Waals surface area contributed by atoms with Crippen LogP contribution in [0.4, 0.5) is 0 Å². The first-order valence-corrected chi connectivity index (χ1v) is 8.33. The van der Waals surface area contributed by atoms with Crippen LogP contribution in [0, 0.1) is 23.7 Å². The highest BCUT2D eigenvalue weighted by molar-refractivity contribution is 5.68. The number of hydrogen-bond donors (Lipinski definition) is 0. The fourth-order valence-electron chi connectivity index (χ4n) is 1.98. The normalized spacial score (nSPS) is 9.24. The van der Waals surface area contributed by atoms with Crippen molar-refractivity contribution < 1.29 is 9.53 Å². The van der Waals surface area contributed by atoms with Crippen LogP contribution in [-0.2, 0) is 9.53 Å². The third-order valence-corrected chi connectivity index (χ3v) is 3.27. The number of carbonyl (C=O) groups is 1. The summed E-state index contributed by atoms with van der Waals surface area (Å²) in [7, 11) is 1.45. The molecule has 0 saturated carbocycles. The highest BCUT2D eigenvalue weighted by atomic mass is 16.5. The molecule has 2 nitrogen and oxygen atoms in total. The second-order valence-electron chi connectivity index (χ2n) is 5.26. The molecule has 0 atom stereocenters. The van der Waals surface area contributed by atoms with Gasteiger partial charge in [-0.1, -0.05) is 57.3 Å². The molecular formula is C19H30O2. The highest BCUT2D eigenvalue weighted by Crippen LogP contribution is 2.10. The lowest BCUT2D eigenvalue weighted by atomic mass is 10.1. The summed E-state index contributed by atoms with van der Waals surface area (Å²) in [6.07, 6.45) is 13.2. The van der Waals surface area contributed by atoms with Crippen molar-refractivity contribution in [1.29, 1.82) is 0 Å². The molecule has 0 aromatic heterocycles. The van der Waals surface area contributed by atoms with Gasteiger partial charge in [0, 0.05) is 19.3 Å². The van der Waals surface area contributed by atoms with Crippen LogP contribution in [0.15, 0.2) is 0 Å².